The smallest absolute Gasteiger partial charge is 0.317 e. The minimum absolute atomic E-state index is 0.0183. The Morgan fingerprint density at radius 3 is 2.33 bits per heavy atom. The number of hydrogen-bond donors (Lipinski definition) is 2. The van der Waals surface area contributed by atoms with Gasteiger partial charge in [0.25, 0.3) is 0 Å². The van der Waals surface area contributed by atoms with Gasteiger partial charge in [0.05, 0.1) is 5.02 Å². The molecule has 8 nitrogen and oxygen atoms in total. The van der Waals surface area contributed by atoms with Crippen LogP contribution in [0, 0.1) is 5.82 Å². The van der Waals surface area contributed by atoms with Gasteiger partial charge in [0, 0.05) is 71.4 Å². The summed E-state index contributed by atoms with van der Waals surface area (Å²) in [4.78, 5) is 44.0. The molecule has 1 heterocycles. The number of ketones is 1. The molecule has 10 heteroatoms. The fourth-order valence-corrected chi connectivity index (χ4v) is 4.77. The number of benzene rings is 2. The number of halogens is 2. The first-order chi connectivity index (χ1) is 20.5. The Morgan fingerprint density at radius 2 is 1.70 bits per heavy atom. The zero-order valence-electron chi connectivity index (χ0n) is 26.0. The van der Waals surface area contributed by atoms with E-state index in [9.17, 15) is 18.8 Å². The SMILES string of the molecule is CC(=O)CCC(CCC(=O)N1CCNCC1)N(C)C(=O)NCc1cccc(F)c1Cl.CN=C(C)/C=C(\C)c1ccccc1. The van der Waals surface area contributed by atoms with Gasteiger partial charge in [-0.1, -0.05) is 54.1 Å². The third-order valence-corrected chi connectivity index (χ3v) is 7.75. The van der Waals surface area contributed by atoms with Crippen molar-refractivity contribution in [3.63, 3.8) is 0 Å². The molecule has 3 rings (SSSR count). The van der Waals surface area contributed by atoms with E-state index in [-0.39, 0.29) is 35.3 Å². The van der Waals surface area contributed by atoms with Crippen molar-refractivity contribution in [1.29, 1.82) is 0 Å². The Hall–Kier alpha value is -3.56. The lowest BCUT2D eigenvalue weighted by Gasteiger charge is -2.31. The highest BCUT2D eigenvalue weighted by molar-refractivity contribution is 6.31. The van der Waals surface area contributed by atoms with E-state index in [0.717, 1.165) is 18.8 Å². The monoisotopic (exact) mass is 613 g/mol. The lowest BCUT2D eigenvalue weighted by atomic mass is 10.0. The highest BCUT2D eigenvalue weighted by Crippen LogP contribution is 2.20. The number of carbonyl (C=O) groups excluding carboxylic acids is 3. The van der Waals surface area contributed by atoms with E-state index in [1.807, 2.05) is 37.1 Å². The number of piperazine rings is 1. The van der Waals surface area contributed by atoms with Gasteiger partial charge in [-0.2, -0.15) is 0 Å². The van der Waals surface area contributed by atoms with Gasteiger partial charge < -0.3 is 25.2 Å². The second-order valence-electron chi connectivity index (χ2n) is 10.6. The van der Waals surface area contributed by atoms with Crippen molar-refractivity contribution in [3.8, 4) is 0 Å². The third kappa shape index (κ3) is 12.7. The number of allylic oxidation sites excluding steroid dienone is 2. The molecule has 3 amide bonds. The van der Waals surface area contributed by atoms with E-state index in [2.05, 4.69) is 40.8 Å². The van der Waals surface area contributed by atoms with E-state index in [0.29, 0.717) is 44.3 Å². The molecule has 0 spiro atoms. The van der Waals surface area contributed by atoms with Crippen LogP contribution < -0.4 is 10.6 Å². The Kier molecular flexibility index (Phi) is 15.6. The second-order valence-corrected chi connectivity index (χ2v) is 11.0. The van der Waals surface area contributed by atoms with Crippen molar-refractivity contribution in [2.24, 2.45) is 4.99 Å². The summed E-state index contributed by atoms with van der Waals surface area (Å²) in [7, 11) is 3.45. The summed E-state index contributed by atoms with van der Waals surface area (Å²) in [6.45, 7) is 8.63. The summed E-state index contributed by atoms with van der Waals surface area (Å²) in [5, 5.41) is 5.92. The number of Topliss-reactive ketones (excluding diaryl/α,β-unsaturated/α-hetero) is 1. The van der Waals surface area contributed by atoms with E-state index < -0.39 is 5.82 Å². The maximum atomic E-state index is 13.6. The van der Waals surface area contributed by atoms with Crippen LogP contribution in [0.1, 0.15) is 57.6 Å². The fraction of sp³-hybridized carbons (Fsp3) is 0.455. The van der Waals surface area contributed by atoms with Gasteiger partial charge in [0.2, 0.25) is 5.91 Å². The quantitative estimate of drug-likeness (QED) is 0.316. The molecule has 1 aliphatic heterocycles. The highest BCUT2D eigenvalue weighted by Gasteiger charge is 2.23. The summed E-state index contributed by atoms with van der Waals surface area (Å²) in [6, 6.07) is 14.1. The first-order valence-electron chi connectivity index (χ1n) is 14.6. The van der Waals surface area contributed by atoms with Crippen molar-refractivity contribution < 1.29 is 18.8 Å². The minimum atomic E-state index is -0.539. The number of amides is 3. The van der Waals surface area contributed by atoms with Crippen LogP contribution in [0.4, 0.5) is 9.18 Å². The van der Waals surface area contributed by atoms with Crippen molar-refractivity contribution in [1.82, 2.24) is 20.4 Å². The predicted molar refractivity (Wildman–Crippen MR) is 173 cm³/mol. The van der Waals surface area contributed by atoms with Crippen LogP contribution in [-0.2, 0) is 16.1 Å². The Bertz CT molecular complexity index is 1260. The minimum Gasteiger partial charge on any atom is -0.340 e. The van der Waals surface area contributed by atoms with Crippen LogP contribution in [0.3, 0.4) is 0 Å². The summed E-state index contributed by atoms with van der Waals surface area (Å²) in [6.07, 6.45) is 3.70. The Labute approximate surface area is 260 Å². The molecule has 1 fully saturated rings. The summed E-state index contributed by atoms with van der Waals surface area (Å²) in [5.41, 5.74) is 4.04. The average molecular weight is 614 g/mol. The number of rotatable bonds is 11. The van der Waals surface area contributed by atoms with Gasteiger partial charge in [0.15, 0.2) is 0 Å². The molecule has 43 heavy (non-hydrogen) atoms. The zero-order valence-corrected chi connectivity index (χ0v) is 26.7. The number of urea groups is 1. The molecule has 234 valence electrons. The van der Waals surface area contributed by atoms with Crippen molar-refractivity contribution in [3.05, 3.63) is 76.6 Å². The van der Waals surface area contributed by atoms with Crippen molar-refractivity contribution in [2.75, 3.05) is 40.3 Å². The van der Waals surface area contributed by atoms with Gasteiger partial charge in [-0.05, 0) is 62.5 Å². The molecule has 1 saturated heterocycles. The predicted octanol–water partition coefficient (Wildman–Crippen LogP) is 5.75. The summed E-state index contributed by atoms with van der Waals surface area (Å²) < 4.78 is 13.6. The zero-order chi connectivity index (χ0) is 31.8. The number of aliphatic imine (C=N–C) groups is 1. The first kappa shape index (κ1) is 35.6. The molecule has 0 aliphatic carbocycles. The molecular weight excluding hydrogens is 569 g/mol. The standard InChI is InChI=1S/C21H30ClFN4O3.C12H15N/c1-15(28)6-7-17(8-9-19(29)27-12-10-24-11-13-27)26(2)21(30)25-14-16-4-3-5-18(23)20(16)22;1-10(9-11(2)13-3)12-7-5-4-6-8-12/h3-5,17,24H,6-14H2,1-2H3,(H,25,30);4-9H,1-3H3/b;10-9+,13-11?. The van der Waals surface area contributed by atoms with Gasteiger partial charge in [-0.25, -0.2) is 9.18 Å². The molecule has 1 atom stereocenters. The Balaban J connectivity index is 0.000000413. The van der Waals surface area contributed by atoms with Crippen LogP contribution in [0.15, 0.2) is 59.6 Å². The van der Waals surface area contributed by atoms with Crippen LogP contribution in [0.25, 0.3) is 5.57 Å². The summed E-state index contributed by atoms with van der Waals surface area (Å²) in [5.74, 6) is -0.444. The fourth-order valence-electron chi connectivity index (χ4n) is 4.57. The highest BCUT2D eigenvalue weighted by atomic mass is 35.5. The topological polar surface area (TPSA) is 94.1 Å². The van der Waals surface area contributed by atoms with Gasteiger partial charge in [-0.3, -0.25) is 9.79 Å². The normalized spacial score (nSPS) is 14.3. The second kappa shape index (κ2) is 18.9. The molecule has 2 aromatic rings. The number of hydrogen-bond acceptors (Lipinski definition) is 5. The number of carbonyl (C=O) groups is 3. The van der Waals surface area contributed by atoms with E-state index in [1.54, 1.807) is 13.1 Å². The van der Waals surface area contributed by atoms with Crippen LogP contribution in [-0.4, -0.2) is 79.5 Å². The van der Waals surface area contributed by atoms with Crippen molar-refractivity contribution in [2.45, 2.75) is 59.0 Å². The maximum Gasteiger partial charge on any atom is 0.317 e. The lowest BCUT2D eigenvalue weighted by Crippen LogP contribution is -2.47. The van der Waals surface area contributed by atoms with Gasteiger partial charge in [0.1, 0.15) is 11.6 Å². The number of nitrogens with zero attached hydrogens (tertiary/aromatic N) is 3. The lowest BCUT2D eigenvalue weighted by molar-refractivity contribution is -0.132. The maximum absolute atomic E-state index is 13.6. The van der Waals surface area contributed by atoms with Crippen LogP contribution in [0.2, 0.25) is 5.02 Å². The molecule has 1 aliphatic rings. The molecule has 0 bridgehead atoms. The summed E-state index contributed by atoms with van der Waals surface area (Å²) >= 11 is 5.94. The molecule has 2 N–H and O–H groups in total. The van der Waals surface area contributed by atoms with E-state index >= 15 is 0 Å². The molecule has 0 saturated carbocycles. The first-order valence-corrected chi connectivity index (χ1v) is 15.0. The average Bonchev–Trinajstić information content (AvgIpc) is 3.02. The van der Waals surface area contributed by atoms with Crippen molar-refractivity contribution >= 4 is 40.6 Å². The molecular formula is C33H45ClFN5O3. The third-order valence-electron chi connectivity index (χ3n) is 7.33. The molecule has 0 radical (unpaired) electrons. The van der Waals surface area contributed by atoms with Crippen LogP contribution in [0.5, 0.6) is 0 Å². The molecule has 2 aromatic carbocycles. The molecule has 0 aromatic heterocycles. The van der Waals surface area contributed by atoms with Gasteiger partial charge >= 0.3 is 6.03 Å². The van der Waals surface area contributed by atoms with Crippen LogP contribution >= 0.6 is 11.6 Å². The van der Waals surface area contributed by atoms with Gasteiger partial charge in [-0.15, -0.1) is 0 Å². The van der Waals surface area contributed by atoms with E-state index in [4.69, 9.17) is 11.6 Å². The van der Waals surface area contributed by atoms with E-state index in [1.165, 1.54) is 35.1 Å². The largest absolute Gasteiger partial charge is 0.340 e. The Morgan fingerprint density at radius 1 is 1.05 bits per heavy atom. The number of nitrogens with one attached hydrogen (secondary N) is 2. The molecule has 1 unspecified atom stereocenters.